The van der Waals surface area contributed by atoms with Gasteiger partial charge in [-0.15, -0.1) is 11.3 Å². The zero-order valence-corrected chi connectivity index (χ0v) is 22.7. The number of hydrogen-bond acceptors (Lipinski definition) is 7. The minimum atomic E-state index is -0.725. The van der Waals surface area contributed by atoms with Crippen molar-refractivity contribution in [2.45, 2.75) is 53.1 Å². The van der Waals surface area contributed by atoms with Crippen molar-refractivity contribution in [3.05, 3.63) is 45.6 Å². The van der Waals surface area contributed by atoms with Crippen LogP contribution in [0.2, 0.25) is 5.02 Å². The SMILES string of the molecule is Cc1cc(Cl)cc(-c2ncnc3cc(CN4C(=O)C5C(C4O)C5(C)C)sc23)c1CN1CCNC[C@@H]1C. The highest BCUT2D eigenvalue weighted by atomic mass is 35.5. The molecule has 1 saturated carbocycles. The lowest BCUT2D eigenvalue weighted by Gasteiger charge is -2.34. The second-order valence-corrected chi connectivity index (χ2v) is 12.7. The van der Waals surface area contributed by atoms with Crippen molar-refractivity contribution in [3.8, 4) is 11.3 Å². The molecule has 2 saturated heterocycles. The van der Waals surface area contributed by atoms with Gasteiger partial charge < -0.3 is 15.3 Å². The van der Waals surface area contributed by atoms with Crippen molar-refractivity contribution in [1.82, 2.24) is 25.1 Å². The molecule has 2 aliphatic heterocycles. The Balaban J connectivity index is 1.35. The molecule has 2 aromatic heterocycles. The number of likely N-dealkylation sites (tertiary alicyclic amines) is 1. The largest absolute Gasteiger partial charge is 0.373 e. The summed E-state index contributed by atoms with van der Waals surface area (Å²) in [5.74, 6) is 0.0138. The van der Waals surface area contributed by atoms with Crippen molar-refractivity contribution >= 4 is 39.1 Å². The van der Waals surface area contributed by atoms with Crippen LogP contribution in [0.3, 0.4) is 0 Å². The highest BCUT2D eigenvalue weighted by molar-refractivity contribution is 7.19. The summed E-state index contributed by atoms with van der Waals surface area (Å²) in [7, 11) is 0. The Kier molecular flexibility index (Phi) is 5.89. The van der Waals surface area contributed by atoms with Gasteiger partial charge in [-0.05, 0) is 48.6 Å². The van der Waals surface area contributed by atoms with Gasteiger partial charge >= 0.3 is 0 Å². The molecule has 3 fully saturated rings. The molecule has 1 amide bonds. The number of nitrogens with zero attached hydrogens (tertiary/aromatic N) is 4. The molecule has 36 heavy (non-hydrogen) atoms. The topological polar surface area (TPSA) is 81.6 Å². The Morgan fingerprint density at radius 2 is 2.06 bits per heavy atom. The van der Waals surface area contributed by atoms with E-state index in [2.05, 4.69) is 42.9 Å². The van der Waals surface area contributed by atoms with Crippen molar-refractivity contribution in [3.63, 3.8) is 0 Å². The van der Waals surface area contributed by atoms with Gasteiger partial charge in [-0.2, -0.15) is 0 Å². The van der Waals surface area contributed by atoms with E-state index in [4.69, 9.17) is 16.6 Å². The summed E-state index contributed by atoms with van der Waals surface area (Å²) in [4.78, 5) is 27.3. The Labute approximate surface area is 220 Å². The minimum absolute atomic E-state index is 0.0269. The number of halogens is 1. The number of thiophene rings is 1. The fourth-order valence-electron chi connectivity index (χ4n) is 6.24. The number of carbonyl (C=O) groups is 1. The zero-order chi connectivity index (χ0) is 25.4. The molecule has 3 aliphatic rings. The predicted molar refractivity (Wildman–Crippen MR) is 143 cm³/mol. The van der Waals surface area contributed by atoms with Crippen LogP contribution in [-0.4, -0.2) is 62.7 Å². The summed E-state index contributed by atoms with van der Waals surface area (Å²) in [6.45, 7) is 12.7. The number of aliphatic hydroxyl groups is 1. The first-order valence-corrected chi connectivity index (χ1v) is 13.8. The van der Waals surface area contributed by atoms with Gasteiger partial charge in [-0.1, -0.05) is 25.4 Å². The summed E-state index contributed by atoms with van der Waals surface area (Å²) in [5.41, 5.74) is 5.04. The molecule has 2 N–H and O–H groups in total. The number of nitrogens with one attached hydrogen (secondary N) is 1. The Bertz CT molecular complexity index is 1360. The number of carbonyl (C=O) groups excluding carboxylic acids is 1. The van der Waals surface area contributed by atoms with Crippen LogP contribution in [0.4, 0.5) is 0 Å². The summed E-state index contributed by atoms with van der Waals surface area (Å²) in [5, 5.41) is 15.0. The fourth-order valence-corrected chi connectivity index (χ4v) is 7.62. The van der Waals surface area contributed by atoms with Crippen LogP contribution < -0.4 is 5.32 Å². The number of hydrogen-bond donors (Lipinski definition) is 2. The Hall–Kier alpha value is -2.10. The van der Waals surface area contributed by atoms with Crippen molar-refractivity contribution in [2.24, 2.45) is 17.3 Å². The first-order valence-electron chi connectivity index (χ1n) is 12.6. The smallest absolute Gasteiger partial charge is 0.229 e. The number of amides is 1. The van der Waals surface area contributed by atoms with E-state index in [1.165, 1.54) is 5.56 Å². The first-order chi connectivity index (χ1) is 17.2. The van der Waals surface area contributed by atoms with Gasteiger partial charge in [-0.3, -0.25) is 9.69 Å². The molecule has 0 spiro atoms. The molecule has 3 unspecified atom stereocenters. The van der Waals surface area contributed by atoms with Gasteiger partial charge in [0.1, 0.15) is 12.6 Å². The Morgan fingerprint density at radius 3 is 2.78 bits per heavy atom. The molecule has 0 bridgehead atoms. The maximum Gasteiger partial charge on any atom is 0.229 e. The molecule has 0 radical (unpaired) electrons. The Morgan fingerprint density at radius 1 is 1.25 bits per heavy atom. The van der Waals surface area contributed by atoms with Crippen molar-refractivity contribution < 1.29 is 9.90 Å². The number of aromatic nitrogens is 2. The second kappa shape index (κ2) is 8.74. The molecule has 9 heteroatoms. The molecule has 190 valence electrons. The van der Waals surface area contributed by atoms with E-state index < -0.39 is 6.23 Å². The van der Waals surface area contributed by atoms with Gasteiger partial charge in [-0.25, -0.2) is 9.97 Å². The van der Waals surface area contributed by atoms with E-state index in [1.54, 1.807) is 22.6 Å². The summed E-state index contributed by atoms with van der Waals surface area (Å²) >= 11 is 8.15. The van der Waals surface area contributed by atoms with E-state index in [0.717, 1.165) is 58.1 Å². The molecule has 3 aromatic rings. The van der Waals surface area contributed by atoms with Gasteiger partial charge in [0.15, 0.2) is 0 Å². The van der Waals surface area contributed by atoms with Gasteiger partial charge in [0.25, 0.3) is 0 Å². The number of aryl methyl sites for hydroxylation is 1. The second-order valence-electron chi connectivity index (χ2n) is 11.1. The number of fused-ring (bicyclic) bond motifs is 2. The summed E-state index contributed by atoms with van der Waals surface area (Å²) < 4.78 is 0.982. The third-order valence-corrected chi connectivity index (χ3v) is 9.82. The monoisotopic (exact) mass is 525 g/mol. The highest BCUT2D eigenvalue weighted by Crippen LogP contribution is 2.65. The van der Waals surface area contributed by atoms with Crippen molar-refractivity contribution in [2.75, 3.05) is 19.6 Å². The molecule has 4 heterocycles. The summed E-state index contributed by atoms with van der Waals surface area (Å²) in [6.07, 6.45) is 0.881. The maximum absolute atomic E-state index is 12.9. The van der Waals surface area contributed by atoms with Crippen LogP contribution in [-0.2, 0) is 17.9 Å². The average molecular weight is 526 g/mol. The zero-order valence-electron chi connectivity index (χ0n) is 21.1. The third kappa shape index (κ3) is 3.85. The number of piperidine rings is 1. The van der Waals surface area contributed by atoms with Gasteiger partial charge in [0, 0.05) is 53.6 Å². The molecule has 1 aliphatic carbocycles. The quantitative estimate of drug-likeness (QED) is 0.523. The molecule has 4 atom stereocenters. The average Bonchev–Trinajstić information content (AvgIpc) is 3.08. The lowest BCUT2D eigenvalue weighted by molar-refractivity contribution is -0.140. The van der Waals surface area contributed by atoms with Crippen LogP contribution in [0, 0.1) is 24.2 Å². The number of aliphatic hydroxyl groups excluding tert-OH is 1. The molecule has 6 rings (SSSR count). The maximum atomic E-state index is 12.9. The molecule has 1 aromatic carbocycles. The lowest BCUT2D eigenvalue weighted by atomic mass is 9.97. The first kappa shape index (κ1) is 24.2. The van der Waals surface area contributed by atoms with Gasteiger partial charge in [0.2, 0.25) is 5.91 Å². The van der Waals surface area contributed by atoms with Gasteiger partial charge in [0.05, 0.1) is 28.4 Å². The fraction of sp³-hybridized carbons (Fsp3) is 0.519. The molecular formula is C27H32ClN5O2S. The van der Waals surface area contributed by atoms with E-state index in [-0.39, 0.29) is 23.2 Å². The molecule has 7 nitrogen and oxygen atoms in total. The normalized spacial score (nSPS) is 27.6. The van der Waals surface area contributed by atoms with E-state index in [1.807, 2.05) is 18.2 Å². The minimum Gasteiger partial charge on any atom is -0.373 e. The third-order valence-electron chi connectivity index (χ3n) is 8.48. The van der Waals surface area contributed by atoms with Crippen molar-refractivity contribution in [1.29, 1.82) is 0 Å². The van der Waals surface area contributed by atoms with E-state index in [0.29, 0.717) is 17.6 Å². The van der Waals surface area contributed by atoms with Crippen LogP contribution >= 0.6 is 22.9 Å². The predicted octanol–water partition coefficient (Wildman–Crippen LogP) is 4.05. The number of rotatable bonds is 5. The van der Waals surface area contributed by atoms with Crippen LogP contribution in [0.25, 0.3) is 21.5 Å². The van der Waals surface area contributed by atoms with Crippen LogP contribution in [0.1, 0.15) is 36.8 Å². The van der Waals surface area contributed by atoms with Crippen LogP contribution in [0.15, 0.2) is 24.5 Å². The number of piperazine rings is 1. The highest BCUT2D eigenvalue weighted by Gasteiger charge is 2.71. The number of benzene rings is 1. The lowest BCUT2D eigenvalue weighted by Crippen LogP contribution is -2.49. The van der Waals surface area contributed by atoms with E-state index >= 15 is 0 Å². The standard InChI is InChI=1S/C27H32ClN5O2S/c1-14-7-16(28)8-18(19(14)12-32-6-5-29-10-15(32)2)23-24-20(30-13-31-23)9-17(36-24)11-33-25(34)21-22(26(33)35)27(21,3)4/h7-9,13,15,21-22,25,29,34H,5-6,10-12H2,1-4H3/t15-,21?,22?,25?/m0/s1. The van der Waals surface area contributed by atoms with E-state index in [9.17, 15) is 9.90 Å². The summed E-state index contributed by atoms with van der Waals surface area (Å²) in [6, 6.07) is 6.51. The molecular weight excluding hydrogens is 494 g/mol. The van der Waals surface area contributed by atoms with Crippen LogP contribution in [0.5, 0.6) is 0 Å².